The lowest BCUT2D eigenvalue weighted by molar-refractivity contribution is 0.0494. The number of carbonyl (C=O) groups is 1. The third-order valence-electron chi connectivity index (χ3n) is 3.19. The van der Waals surface area contributed by atoms with Crippen LogP contribution in [0.2, 0.25) is 10.0 Å². The number of rotatable bonds is 7. The van der Waals surface area contributed by atoms with E-state index in [1.807, 2.05) is 19.0 Å². The lowest BCUT2D eigenvalue weighted by Crippen LogP contribution is -2.16. The molecule has 0 aliphatic rings. The monoisotopic (exact) mass is 367 g/mol. The third kappa shape index (κ3) is 5.37. The van der Waals surface area contributed by atoms with Crippen LogP contribution in [0.25, 0.3) is 0 Å². The molecular weight excluding hydrogens is 349 g/mol. The molecule has 0 saturated carbocycles. The van der Waals surface area contributed by atoms with Gasteiger partial charge >= 0.3 is 5.97 Å². The molecule has 0 saturated heterocycles. The summed E-state index contributed by atoms with van der Waals surface area (Å²) in [4.78, 5) is 18.5. The molecule has 0 bridgehead atoms. The van der Waals surface area contributed by atoms with Crippen molar-refractivity contribution in [3.63, 3.8) is 0 Å². The highest BCUT2D eigenvalue weighted by Gasteiger charge is 2.15. The van der Waals surface area contributed by atoms with Crippen LogP contribution in [0, 0.1) is 0 Å². The number of nitrogens with one attached hydrogen (secondary N) is 1. The van der Waals surface area contributed by atoms with Gasteiger partial charge in [0.15, 0.2) is 0 Å². The molecule has 0 amide bonds. The quantitative estimate of drug-likeness (QED) is 0.585. The molecule has 0 radical (unpaired) electrons. The maximum atomic E-state index is 12.3. The zero-order valence-corrected chi connectivity index (χ0v) is 15.1. The van der Waals surface area contributed by atoms with Gasteiger partial charge in [0.25, 0.3) is 0 Å². The van der Waals surface area contributed by atoms with Crippen LogP contribution in [0.3, 0.4) is 0 Å². The van der Waals surface area contributed by atoms with Crippen molar-refractivity contribution in [2.24, 2.45) is 0 Å². The average Bonchev–Trinajstić information content (AvgIpc) is 2.54. The van der Waals surface area contributed by atoms with Crippen molar-refractivity contribution in [2.75, 3.05) is 32.6 Å². The smallest absolute Gasteiger partial charge is 0.341 e. The van der Waals surface area contributed by atoms with E-state index < -0.39 is 5.97 Å². The van der Waals surface area contributed by atoms with Gasteiger partial charge in [-0.2, -0.15) is 0 Å². The summed E-state index contributed by atoms with van der Waals surface area (Å²) in [5.41, 5.74) is 0.967. The fourth-order valence-corrected chi connectivity index (χ4v) is 2.47. The Bertz CT molecular complexity index is 708. The Balaban J connectivity index is 2.08. The predicted octanol–water partition coefficient (Wildman–Crippen LogP) is 4.24. The van der Waals surface area contributed by atoms with Crippen LogP contribution in [0.1, 0.15) is 16.8 Å². The second kappa shape index (κ2) is 8.87. The molecule has 1 aromatic carbocycles. The molecular formula is C17H19Cl2N3O2. The fraction of sp³-hybridized carbons (Fsp3) is 0.294. The van der Waals surface area contributed by atoms with E-state index in [4.69, 9.17) is 27.9 Å². The lowest BCUT2D eigenvalue weighted by Gasteiger charge is -2.13. The van der Waals surface area contributed by atoms with Crippen LogP contribution in [0.4, 0.5) is 11.5 Å². The van der Waals surface area contributed by atoms with Crippen molar-refractivity contribution < 1.29 is 9.53 Å². The molecule has 2 aromatic rings. The van der Waals surface area contributed by atoms with E-state index in [-0.39, 0.29) is 0 Å². The first-order valence-electron chi connectivity index (χ1n) is 7.46. The Morgan fingerprint density at radius 2 is 2.08 bits per heavy atom. The Morgan fingerprint density at radius 3 is 2.79 bits per heavy atom. The summed E-state index contributed by atoms with van der Waals surface area (Å²) < 4.78 is 5.31. The second-order valence-corrected chi connectivity index (χ2v) is 6.29. The molecule has 128 valence electrons. The number of hydrogen-bond acceptors (Lipinski definition) is 5. The number of carbonyl (C=O) groups excluding carboxylic acids is 1. The van der Waals surface area contributed by atoms with Crippen molar-refractivity contribution in [3.05, 3.63) is 52.1 Å². The van der Waals surface area contributed by atoms with Gasteiger partial charge in [0, 0.05) is 17.8 Å². The number of esters is 1. The topological polar surface area (TPSA) is 54.5 Å². The van der Waals surface area contributed by atoms with Crippen LogP contribution >= 0.6 is 23.2 Å². The number of hydrogen-bond donors (Lipinski definition) is 1. The number of nitrogens with zero attached hydrogens (tertiary/aromatic N) is 2. The van der Waals surface area contributed by atoms with Gasteiger partial charge in [0.1, 0.15) is 11.4 Å². The molecule has 0 unspecified atom stereocenters. The highest BCUT2D eigenvalue weighted by atomic mass is 35.5. The summed E-state index contributed by atoms with van der Waals surface area (Å²) >= 11 is 12.0. The molecule has 0 fully saturated rings. The van der Waals surface area contributed by atoms with Gasteiger partial charge in [-0.15, -0.1) is 0 Å². The van der Waals surface area contributed by atoms with Crippen LogP contribution in [0.15, 0.2) is 36.5 Å². The Labute approximate surface area is 151 Å². The van der Waals surface area contributed by atoms with Gasteiger partial charge in [0.2, 0.25) is 0 Å². The van der Waals surface area contributed by atoms with Crippen LogP contribution in [-0.4, -0.2) is 43.1 Å². The van der Waals surface area contributed by atoms with Gasteiger partial charge in [-0.1, -0.05) is 23.2 Å². The third-order valence-corrected chi connectivity index (χ3v) is 3.74. The largest absolute Gasteiger partial charge is 0.462 e. The summed E-state index contributed by atoms with van der Waals surface area (Å²) in [5, 5.41) is 4.02. The zero-order chi connectivity index (χ0) is 17.5. The van der Waals surface area contributed by atoms with E-state index in [0.29, 0.717) is 33.7 Å². The number of halogens is 2. The highest BCUT2D eigenvalue weighted by molar-refractivity contribution is 6.36. The first-order valence-corrected chi connectivity index (χ1v) is 8.22. The summed E-state index contributed by atoms with van der Waals surface area (Å²) in [6, 6.07) is 8.40. The van der Waals surface area contributed by atoms with E-state index in [9.17, 15) is 4.79 Å². The second-order valence-electron chi connectivity index (χ2n) is 5.44. The first-order chi connectivity index (χ1) is 11.5. The van der Waals surface area contributed by atoms with Gasteiger partial charge in [-0.05, 0) is 50.8 Å². The van der Waals surface area contributed by atoms with Crippen molar-refractivity contribution in [1.82, 2.24) is 9.88 Å². The number of benzene rings is 1. The van der Waals surface area contributed by atoms with Crippen molar-refractivity contribution in [1.29, 1.82) is 0 Å². The molecule has 1 heterocycles. The molecule has 1 N–H and O–H groups in total. The van der Waals surface area contributed by atoms with Crippen LogP contribution in [0.5, 0.6) is 0 Å². The summed E-state index contributed by atoms with van der Waals surface area (Å²) in [7, 11) is 3.95. The van der Waals surface area contributed by atoms with Gasteiger partial charge in [0.05, 0.1) is 17.3 Å². The highest BCUT2D eigenvalue weighted by Crippen LogP contribution is 2.28. The fourth-order valence-electron chi connectivity index (χ4n) is 2.01. The first kappa shape index (κ1) is 18.5. The molecule has 5 nitrogen and oxygen atoms in total. The van der Waals surface area contributed by atoms with Crippen LogP contribution < -0.4 is 5.32 Å². The minimum atomic E-state index is -0.422. The van der Waals surface area contributed by atoms with E-state index in [2.05, 4.69) is 10.3 Å². The number of pyridine rings is 1. The van der Waals surface area contributed by atoms with Crippen LogP contribution in [-0.2, 0) is 4.74 Å². The van der Waals surface area contributed by atoms with Crippen molar-refractivity contribution >= 4 is 40.7 Å². The number of ether oxygens (including phenoxy) is 1. The normalized spacial score (nSPS) is 10.7. The molecule has 1 aromatic heterocycles. The average molecular weight is 368 g/mol. The van der Waals surface area contributed by atoms with E-state index >= 15 is 0 Å². The summed E-state index contributed by atoms with van der Waals surface area (Å²) in [6.07, 6.45) is 2.36. The standard InChI is InChI=1S/C17H19Cl2N3O2/c1-22(2)9-4-10-24-17(23)13-5-3-8-20-16(13)21-15-7-6-12(18)11-14(15)19/h3,5-8,11H,4,9-10H2,1-2H3,(H,20,21). The zero-order valence-electron chi connectivity index (χ0n) is 13.6. The molecule has 0 aliphatic carbocycles. The maximum Gasteiger partial charge on any atom is 0.341 e. The van der Waals surface area contributed by atoms with E-state index in [1.165, 1.54) is 0 Å². The number of anilines is 2. The molecule has 24 heavy (non-hydrogen) atoms. The van der Waals surface area contributed by atoms with Gasteiger partial charge in [-0.3, -0.25) is 0 Å². The maximum absolute atomic E-state index is 12.3. The van der Waals surface area contributed by atoms with Crippen molar-refractivity contribution in [3.8, 4) is 0 Å². The SMILES string of the molecule is CN(C)CCCOC(=O)c1cccnc1Nc1ccc(Cl)cc1Cl. The lowest BCUT2D eigenvalue weighted by atomic mass is 10.2. The predicted molar refractivity (Wildman–Crippen MR) is 97.4 cm³/mol. The molecule has 0 atom stereocenters. The van der Waals surface area contributed by atoms with E-state index in [1.54, 1.807) is 36.5 Å². The molecule has 7 heteroatoms. The van der Waals surface area contributed by atoms with E-state index in [0.717, 1.165) is 13.0 Å². The van der Waals surface area contributed by atoms with Gasteiger partial charge < -0.3 is 15.0 Å². The summed E-state index contributed by atoms with van der Waals surface area (Å²) in [5.74, 6) is -0.0335. The Kier molecular flexibility index (Phi) is 6.85. The van der Waals surface area contributed by atoms with Crippen molar-refractivity contribution in [2.45, 2.75) is 6.42 Å². The number of aromatic nitrogens is 1. The Morgan fingerprint density at radius 1 is 1.29 bits per heavy atom. The molecule has 2 rings (SSSR count). The minimum Gasteiger partial charge on any atom is -0.462 e. The van der Waals surface area contributed by atoms with Gasteiger partial charge in [-0.25, -0.2) is 9.78 Å². The Hall–Kier alpha value is -1.82. The minimum absolute atomic E-state index is 0.354. The molecule has 0 aliphatic heterocycles. The molecule has 0 spiro atoms. The summed E-state index contributed by atoms with van der Waals surface area (Å²) in [6.45, 7) is 1.21.